The highest BCUT2D eigenvalue weighted by atomic mass is 35.5. The fourth-order valence-electron chi connectivity index (χ4n) is 3.48. The minimum Gasteiger partial charge on any atom is -0.465 e. The molecule has 186 valence electrons. The van der Waals surface area contributed by atoms with E-state index in [-0.39, 0.29) is 11.4 Å². The predicted octanol–water partition coefficient (Wildman–Crippen LogP) is 5.82. The van der Waals surface area contributed by atoms with Gasteiger partial charge in [-0.15, -0.1) is 11.3 Å². The molecule has 1 N–H and O–H groups in total. The first-order chi connectivity index (χ1) is 17.2. The average Bonchev–Trinajstić information content (AvgIpc) is 3.28. The topological polar surface area (TPSA) is 92.8 Å². The summed E-state index contributed by atoms with van der Waals surface area (Å²) in [6, 6.07) is 19.4. The smallest absolute Gasteiger partial charge is 0.348 e. The van der Waals surface area contributed by atoms with Gasteiger partial charge in [0.25, 0.3) is 0 Å². The Morgan fingerprint density at radius 3 is 2.42 bits per heavy atom. The lowest BCUT2D eigenvalue weighted by Gasteiger charge is -2.22. The van der Waals surface area contributed by atoms with Gasteiger partial charge >= 0.3 is 5.97 Å². The van der Waals surface area contributed by atoms with Crippen LogP contribution in [0.15, 0.2) is 77.7 Å². The van der Waals surface area contributed by atoms with Crippen LogP contribution in [-0.2, 0) is 26.1 Å². The minimum atomic E-state index is -4.06. The van der Waals surface area contributed by atoms with Crippen molar-refractivity contribution in [2.24, 2.45) is 0 Å². The molecule has 0 aliphatic heterocycles. The number of carbonyl (C=O) groups is 2. The zero-order valence-corrected chi connectivity index (χ0v) is 22.0. The maximum Gasteiger partial charge on any atom is 0.348 e. The number of thiophene rings is 1. The second-order valence-electron chi connectivity index (χ2n) is 7.72. The van der Waals surface area contributed by atoms with E-state index in [9.17, 15) is 18.0 Å². The molecule has 11 heteroatoms. The first kappa shape index (κ1) is 26.1. The third kappa shape index (κ3) is 5.88. The largest absolute Gasteiger partial charge is 0.465 e. The number of fused-ring (bicyclic) bond motifs is 1. The molecule has 4 rings (SSSR count). The summed E-state index contributed by atoms with van der Waals surface area (Å²) in [6.45, 7) is -0.560. The van der Waals surface area contributed by atoms with Crippen LogP contribution >= 0.6 is 34.5 Å². The molecule has 0 spiro atoms. The molecule has 4 aromatic rings. The van der Waals surface area contributed by atoms with Gasteiger partial charge in [-0.3, -0.25) is 4.79 Å². The number of nitrogens with zero attached hydrogens (tertiary/aromatic N) is 1. The number of amides is 1. The Bertz CT molecular complexity index is 1540. The average molecular weight is 563 g/mol. The normalized spacial score (nSPS) is 11.6. The quantitative estimate of drug-likeness (QED) is 0.273. The van der Waals surface area contributed by atoms with Gasteiger partial charge in [0.1, 0.15) is 4.88 Å². The molecule has 0 saturated carbocycles. The van der Waals surface area contributed by atoms with Gasteiger partial charge in [0, 0.05) is 27.0 Å². The van der Waals surface area contributed by atoms with E-state index in [1.54, 1.807) is 48.5 Å². The molecule has 1 aromatic heterocycles. The Labute approximate surface area is 222 Å². The van der Waals surface area contributed by atoms with Crippen molar-refractivity contribution in [3.63, 3.8) is 0 Å². The standard InChI is InChI=1S/C25H20Cl2N2O5S2/c1-34-25(31)23-13-17-12-19(8-11-22(17)35-23)28-24(30)15-29(14-16-4-2-3-5-21(16)27)36(32,33)20-9-6-18(26)7-10-20/h2-13H,14-15H2,1H3,(H,28,30). The van der Waals surface area contributed by atoms with E-state index in [1.807, 2.05) is 0 Å². The molecule has 0 atom stereocenters. The highest BCUT2D eigenvalue weighted by Crippen LogP contribution is 2.29. The van der Waals surface area contributed by atoms with Crippen molar-refractivity contribution in [1.82, 2.24) is 4.31 Å². The van der Waals surface area contributed by atoms with Crippen LogP contribution < -0.4 is 5.32 Å². The van der Waals surface area contributed by atoms with Crippen LogP contribution in [0, 0.1) is 0 Å². The Kier molecular flexibility index (Phi) is 7.97. The molecule has 0 fully saturated rings. The van der Waals surface area contributed by atoms with E-state index in [4.69, 9.17) is 27.9 Å². The zero-order valence-electron chi connectivity index (χ0n) is 18.9. The molecule has 0 bridgehead atoms. The molecule has 3 aromatic carbocycles. The van der Waals surface area contributed by atoms with Crippen molar-refractivity contribution in [2.75, 3.05) is 19.0 Å². The van der Waals surface area contributed by atoms with Gasteiger partial charge in [0.15, 0.2) is 0 Å². The maximum atomic E-state index is 13.4. The van der Waals surface area contributed by atoms with E-state index in [0.29, 0.717) is 26.2 Å². The summed E-state index contributed by atoms with van der Waals surface area (Å²) < 4.78 is 33.5. The van der Waals surface area contributed by atoms with Crippen molar-refractivity contribution >= 4 is 72.2 Å². The van der Waals surface area contributed by atoms with Crippen molar-refractivity contribution in [2.45, 2.75) is 11.4 Å². The molecule has 0 radical (unpaired) electrons. The van der Waals surface area contributed by atoms with Crippen LogP contribution in [0.3, 0.4) is 0 Å². The summed E-state index contributed by atoms with van der Waals surface area (Å²) in [5, 5.41) is 4.27. The number of halogens is 2. The van der Waals surface area contributed by atoms with E-state index in [0.717, 1.165) is 14.4 Å². The number of esters is 1. The summed E-state index contributed by atoms with van der Waals surface area (Å²) >= 11 is 13.5. The second kappa shape index (κ2) is 11.0. The van der Waals surface area contributed by atoms with Gasteiger partial charge < -0.3 is 10.1 Å². The summed E-state index contributed by atoms with van der Waals surface area (Å²) in [5.74, 6) is -0.980. The number of methoxy groups -OCH3 is 1. The second-order valence-corrected chi connectivity index (χ2v) is 11.6. The summed E-state index contributed by atoms with van der Waals surface area (Å²) in [4.78, 5) is 25.2. The highest BCUT2D eigenvalue weighted by Gasteiger charge is 2.27. The first-order valence-electron chi connectivity index (χ1n) is 10.6. The number of carbonyl (C=O) groups excluding carboxylic acids is 2. The fraction of sp³-hybridized carbons (Fsp3) is 0.120. The van der Waals surface area contributed by atoms with E-state index < -0.39 is 28.4 Å². The predicted molar refractivity (Wildman–Crippen MR) is 142 cm³/mol. The number of anilines is 1. The van der Waals surface area contributed by atoms with Crippen LogP contribution in [-0.4, -0.2) is 38.3 Å². The maximum absolute atomic E-state index is 13.4. The number of nitrogens with one attached hydrogen (secondary N) is 1. The van der Waals surface area contributed by atoms with Crippen LogP contribution in [0.25, 0.3) is 10.1 Å². The molecular weight excluding hydrogens is 543 g/mol. The van der Waals surface area contributed by atoms with E-state index in [2.05, 4.69) is 5.32 Å². The molecule has 0 saturated heterocycles. The SMILES string of the molecule is COC(=O)c1cc2cc(NC(=O)CN(Cc3ccccc3Cl)S(=O)(=O)c3ccc(Cl)cc3)ccc2s1. The Morgan fingerprint density at radius 2 is 1.72 bits per heavy atom. The van der Waals surface area contributed by atoms with E-state index in [1.165, 1.54) is 42.7 Å². The fourth-order valence-corrected chi connectivity index (χ4v) is 6.14. The Balaban J connectivity index is 1.59. The van der Waals surface area contributed by atoms with Crippen LogP contribution in [0.1, 0.15) is 15.2 Å². The molecular formula is C25H20Cl2N2O5S2. The van der Waals surface area contributed by atoms with Crippen LogP contribution in [0.2, 0.25) is 10.0 Å². The van der Waals surface area contributed by atoms with Gasteiger partial charge in [-0.25, -0.2) is 13.2 Å². The lowest BCUT2D eigenvalue weighted by molar-refractivity contribution is -0.116. The lowest BCUT2D eigenvalue weighted by atomic mass is 10.2. The summed E-state index contributed by atoms with van der Waals surface area (Å²) in [5.41, 5.74) is 1.02. The van der Waals surface area contributed by atoms with Crippen molar-refractivity contribution < 1.29 is 22.7 Å². The number of sulfonamides is 1. The van der Waals surface area contributed by atoms with Crippen LogP contribution in [0.4, 0.5) is 5.69 Å². The zero-order chi connectivity index (χ0) is 25.9. The van der Waals surface area contributed by atoms with Gasteiger partial charge in [0.05, 0.1) is 18.6 Å². The van der Waals surface area contributed by atoms with Crippen molar-refractivity contribution in [3.8, 4) is 0 Å². The number of hydrogen-bond acceptors (Lipinski definition) is 6. The number of rotatable bonds is 8. The molecule has 0 aliphatic rings. The molecule has 0 unspecified atom stereocenters. The van der Waals surface area contributed by atoms with Crippen molar-refractivity contribution in [1.29, 1.82) is 0 Å². The lowest BCUT2D eigenvalue weighted by Crippen LogP contribution is -2.37. The third-order valence-electron chi connectivity index (χ3n) is 5.26. The van der Waals surface area contributed by atoms with Gasteiger partial charge in [-0.2, -0.15) is 4.31 Å². The number of ether oxygens (including phenoxy) is 1. The van der Waals surface area contributed by atoms with Crippen LogP contribution in [0.5, 0.6) is 0 Å². The molecule has 7 nitrogen and oxygen atoms in total. The minimum absolute atomic E-state index is 0.00165. The number of benzene rings is 3. The van der Waals surface area contributed by atoms with E-state index >= 15 is 0 Å². The molecule has 0 aliphatic carbocycles. The van der Waals surface area contributed by atoms with Gasteiger partial charge in [0.2, 0.25) is 15.9 Å². The third-order valence-corrected chi connectivity index (χ3v) is 8.79. The monoisotopic (exact) mass is 562 g/mol. The van der Waals surface area contributed by atoms with Crippen molar-refractivity contribution in [3.05, 3.63) is 93.3 Å². The molecule has 36 heavy (non-hydrogen) atoms. The molecule has 1 heterocycles. The van der Waals surface area contributed by atoms with Gasteiger partial charge in [-0.1, -0.05) is 41.4 Å². The Morgan fingerprint density at radius 1 is 1.00 bits per heavy atom. The summed E-state index contributed by atoms with van der Waals surface area (Å²) in [7, 11) is -2.75. The Hall–Kier alpha value is -2.95. The first-order valence-corrected chi connectivity index (χ1v) is 13.6. The number of hydrogen-bond donors (Lipinski definition) is 1. The molecule has 1 amide bonds. The van der Waals surface area contributed by atoms with Gasteiger partial charge in [-0.05, 0) is 65.5 Å². The highest BCUT2D eigenvalue weighted by molar-refractivity contribution is 7.89. The summed E-state index contributed by atoms with van der Waals surface area (Å²) in [6.07, 6.45) is 0.